The Kier molecular flexibility index (Phi) is 4.75. The van der Waals surface area contributed by atoms with Gasteiger partial charge in [-0.3, -0.25) is 9.78 Å². The van der Waals surface area contributed by atoms with Gasteiger partial charge in [-0.25, -0.2) is 0 Å². The summed E-state index contributed by atoms with van der Waals surface area (Å²) in [5.74, 6) is 1.67. The van der Waals surface area contributed by atoms with Gasteiger partial charge in [-0.1, -0.05) is 18.2 Å². The normalized spacial score (nSPS) is 15.5. The number of para-hydroxylation sites is 2. The topological polar surface area (TPSA) is 54.9 Å². The van der Waals surface area contributed by atoms with Crippen molar-refractivity contribution in [2.24, 2.45) is 0 Å². The van der Waals surface area contributed by atoms with E-state index in [2.05, 4.69) is 16.0 Å². The number of anilines is 2. The summed E-state index contributed by atoms with van der Waals surface area (Å²) in [5.41, 5.74) is 2.51. The number of methoxy groups -OCH3 is 1. The number of pyridine rings is 1. The SMILES string of the molecule is COc1cccc(Oc2ccncc2C(=O)N2CCN(C3CC3)c3ccccc32)c1. The third kappa shape index (κ3) is 3.45. The van der Waals surface area contributed by atoms with Gasteiger partial charge in [-0.15, -0.1) is 0 Å². The summed E-state index contributed by atoms with van der Waals surface area (Å²) in [7, 11) is 1.61. The van der Waals surface area contributed by atoms with Gasteiger partial charge in [0, 0.05) is 37.6 Å². The molecule has 5 rings (SSSR count). The lowest BCUT2D eigenvalue weighted by Gasteiger charge is -2.38. The molecule has 0 unspecified atom stereocenters. The van der Waals surface area contributed by atoms with Gasteiger partial charge in [-0.2, -0.15) is 0 Å². The van der Waals surface area contributed by atoms with Crippen LogP contribution in [0.2, 0.25) is 0 Å². The zero-order valence-corrected chi connectivity index (χ0v) is 16.8. The first kappa shape index (κ1) is 18.5. The Morgan fingerprint density at radius 1 is 1.00 bits per heavy atom. The Morgan fingerprint density at radius 2 is 1.80 bits per heavy atom. The maximum atomic E-state index is 13.6. The second kappa shape index (κ2) is 7.71. The molecule has 1 aliphatic heterocycles. The number of rotatable bonds is 5. The molecule has 6 nitrogen and oxygen atoms in total. The van der Waals surface area contributed by atoms with E-state index in [9.17, 15) is 4.79 Å². The standard InChI is InChI=1S/C24H23N3O3/c1-29-18-5-4-6-19(15-18)30-23-11-12-25-16-20(23)24(28)27-14-13-26(17-9-10-17)21-7-2-3-8-22(21)27/h2-8,11-12,15-17H,9-10,13-14H2,1H3. The Bertz CT molecular complexity index is 1080. The monoisotopic (exact) mass is 401 g/mol. The maximum absolute atomic E-state index is 13.6. The summed E-state index contributed by atoms with van der Waals surface area (Å²) < 4.78 is 11.3. The minimum absolute atomic E-state index is 0.108. The van der Waals surface area contributed by atoms with Gasteiger partial charge in [0.05, 0.1) is 18.5 Å². The highest BCUT2D eigenvalue weighted by Crippen LogP contribution is 2.40. The number of carbonyl (C=O) groups excluding carboxylic acids is 1. The Morgan fingerprint density at radius 3 is 2.60 bits per heavy atom. The average Bonchev–Trinajstić information content (AvgIpc) is 3.64. The van der Waals surface area contributed by atoms with Crippen molar-refractivity contribution in [3.05, 3.63) is 72.6 Å². The molecule has 1 saturated carbocycles. The molecule has 152 valence electrons. The second-order valence-corrected chi connectivity index (χ2v) is 7.52. The predicted octanol–water partition coefficient (Wildman–Crippen LogP) is 4.51. The van der Waals surface area contributed by atoms with Crippen LogP contribution in [0.3, 0.4) is 0 Å². The highest BCUT2D eigenvalue weighted by atomic mass is 16.5. The Labute approximate surface area is 175 Å². The number of nitrogens with zero attached hydrogens (tertiary/aromatic N) is 3. The van der Waals surface area contributed by atoms with Crippen molar-refractivity contribution in [3.8, 4) is 17.2 Å². The fourth-order valence-corrected chi connectivity index (χ4v) is 3.93. The zero-order valence-electron chi connectivity index (χ0n) is 16.8. The van der Waals surface area contributed by atoms with Gasteiger partial charge in [-0.05, 0) is 43.2 Å². The lowest BCUT2D eigenvalue weighted by molar-refractivity contribution is 0.0984. The number of hydrogen-bond donors (Lipinski definition) is 0. The van der Waals surface area contributed by atoms with E-state index < -0.39 is 0 Å². The first-order chi connectivity index (χ1) is 14.7. The molecule has 2 aliphatic rings. The van der Waals surface area contributed by atoms with Crippen LogP contribution < -0.4 is 19.3 Å². The van der Waals surface area contributed by atoms with Crippen molar-refractivity contribution >= 4 is 17.3 Å². The summed E-state index contributed by atoms with van der Waals surface area (Å²) in [5, 5.41) is 0. The van der Waals surface area contributed by atoms with Crippen LogP contribution in [0.1, 0.15) is 23.2 Å². The Balaban J connectivity index is 1.46. The third-order valence-electron chi connectivity index (χ3n) is 5.56. The van der Waals surface area contributed by atoms with Gasteiger partial charge < -0.3 is 19.3 Å². The lowest BCUT2D eigenvalue weighted by Crippen LogP contribution is -2.45. The van der Waals surface area contributed by atoms with Crippen molar-refractivity contribution in [2.45, 2.75) is 18.9 Å². The van der Waals surface area contributed by atoms with Gasteiger partial charge in [0.15, 0.2) is 0 Å². The number of hydrogen-bond acceptors (Lipinski definition) is 5. The Hall–Kier alpha value is -3.54. The zero-order chi connectivity index (χ0) is 20.5. The van der Waals surface area contributed by atoms with E-state index in [4.69, 9.17) is 9.47 Å². The van der Waals surface area contributed by atoms with Gasteiger partial charge >= 0.3 is 0 Å². The quantitative estimate of drug-likeness (QED) is 0.630. The molecule has 6 heteroatoms. The maximum Gasteiger partial charge on any atom is 0.263 e. The van der Waals surface area contributed by atoms with E-state index in [1.54, 1.807) is 31.6 Å². The minimum atomic E-state index is -0.108. The molecule has 2 aromatic carbocycles. The van der Waals surface area contributed by atoms with Crippen molar-refractivity contribution in [2.75, 3.05) is 30.0 Å². The first-order valence-corrected chi connectivity index (χ1v) is 10.2. The number of amides is 1. The first-order valence-electron chi connectivity index (χ1n) is 10.2. The van der Waals surface area contributed by atoms with Crippen molar-refractivity contribution in [1.29, 1.82) is 0 Å². The molecule has 1 amide bonds. The smallest absolute Gasteiger partial charge is 0.263 e. The summed E-state index contributed by atoms with van der Waals surface area (Å²) in [6, 6.07) is 17.8. The molecular formula is C24H23N3O3. The fraction of sp³-hybridized carbons (Fsp3) is 0.250. The molecule has 2 heterocycles. The molecule has 3 aromatic rings. The van der Waals surface area contributed by atoms with Gasteiger partial charge in [0.1, 0.15) is 22.8 Å². The van der Waals surface area contributed by atoms with Gasteiger partial charge in [0.2, 0.25) is 0 Å². The largest absolute Gasteiger partial charge is 0.497 e. The van der Waals surface area contributed by atoms with Crippen LogP contribution >= 0.6 is 0 Å². The van der Waals surface area contributed by atoms with E-state index in [-0.39, 0.29) is 5.91 Å². The van der Waals surface area contributed by atoms with Crippen molar-refractivity contribution in [3.63, 3.8) is 0 Å². The van der Waals surface area contributed by atoms with E-state index >= 15 is 0 Å². The van der Waals surface area contributed by atoms with Gasteiger partial charge in [0.25, 0.3) is 5.91 Å². The molecule has 0 saturated heterocycles. The molecule has 0 atom stereocenters. The van der Waals surface area contributed by atoms with Crippen LogP contribution in [0.15, 0.2) is 67.0 Å². The number of benzene rings is 2. The van der Waals surface area contributed by atoms with Crippen LogP contribution in [0, 0.1) is 0 Å². The molecule has 0 radical (unpaired) electrons. The fourth-order valence-electron chi connectivity index (χ4n) is 3.93. The summed E-state index contributed by atoms with van der Waals surface area (Å²) in [6.45, 7) is 1.47. The number of ether oxygens (including phenoxy) is 2. The average molecular weight is 401 g/mol. The van der Waals surface area contributed by atoms with E-state index in [1.807, 2.05) is 41.3 Å². The number of aromatic nitrogens is 1. The van der Waals surface area contributed by atoms with Crippen LogP contribution in [0.25, 0.3) is 0 Å². The molecule has 0 N–H and O–H groups in total. The summed E-state index contributed by atoms with van der Waals surface area (Å²) in [6.07, 6.45) is 5.66. The molecule has 1 fully saturated rings. The van der Waals surface area contributed by atoms with Crippen LogP contribution in [-0.2, 0) is 0 Å². The highest BCUT2D eigenvalue weighted by molar-refractivity contribution is 6.09. The molecule has 1 aromatic heterocycles. The van der Waals surface area contributed by atoms with E-state index in [0.717, 1.165) is 17.9 Å². The van der Waals surface area contributed by atoms with Crippen molar-refractivity contribution in [1.82, 2.24) is 4.98 Å². The van der Waals surface area contributed by atoms with E-state index in [1.165, 1.54) is 12.8 Å². The van der Waals surface area contributed by atoms with Crippen LogP contribution in [0.5, 0.6) is 17.2 Å². The molecule has 1 aliphatic carbocycles. The number of fused-ring (bicyclic) bond motifs is 1. The predicted molar refractivity (Wildman–Crippen MR) is 116 cm³/mol. The molecule has 0 spiro atoms. The second-order valence-electron chi connectivity index (χ2n) is 7.52. The summed E-state index contributed by atoms with van der Waals surface area (Å²) >= 11 is 0. The number of carbonyl (C=O) groups is 1. The van der Waals surface area contributed by atoms with Crippen molar-refractivity contribution < 1.29 is 14.3 Å². The molecular weight excluding hydrogens is 378 g/mol. The van der Waals surface area contributed by atoms with Crippen LogP contribution in [-0.4, -0.2) is 37.1 Å². The third-order valence-corrected chi connectivity index (χ3v) is 5.56. The summed E-state index contributed by atoms with van der Waals surface area (Å²) in [4.78, 5) is 22.0. The highest BCUT2D eigenvalue weighted by Gasteiger charge is 2.36. The lowest BCUT2D eigenvalue weighted by atomic mass is 10.1. The minimum Gasteiger partial charge on any atom is -0.497 e. The van der Waals surface area contributed by atoms with E-state index in [0.29, 0.717) is 35.4 Å². The molecule has 30 heavy (non-hydrogen) atoms. The van der Waals surface area contributed by atoms with Crippen LogP contribution in [0.4, 0.5) is 11.4 Å². The molecule has 0 bridgehead atoms.